The van der Waals surface area contributed by atoms with Crippen LogP contribution in [0.3, 0.4) is 0 Å². The molecular weight excluding hydrogens is 428 g/mol. The van der Waals surface area contributed by atoms with E-state index >= 15 is 0 Å². The van der Waals surface area contributed by atoms with E-state index < -0.39 is 0 Å². The van der Waals surface area contributed by atoms with Crippen molar-refractivity contribution in [2.45, 2.75) is 13.3 Å². The predicted molar refractivity (Wildman–Crippen MR) is 116 cm³/mol. The van der Waals surface area contributed by atoms with Crippen molar-refractivity contribution in [2.75, 3.05) is 18.5 Å². The molecule has 0 fully saturated rings. The van der Waals surface area contributed by atoms with Gasteiger partial charge in [0.25, 0.3) is 5.91 Å². The highest BCUT2D eigenvalue weighted by atomic mass is 79.9. The summed E-state index contributed by atoms with van der Waals surface area (Å²) in [6.07, 6.45) is 2.53. The molecule has 0 bridgehead atoms. The number of amides is 1. The van der Waals surface area contributed by atoms with Crippen LogP contribution in [-0.4, -0.2) is 24.2 Å². The fourth-order valence-electron chi connectivity index (χ4n) is 2.14. The quantitative estimate of drug-likeness (QED) is 0.442. The van der Waals surface area contributed by atoms with E-state index in [-0.39, 0.29) is 11.0 Å². The molecule has 2 aromatic rings. The second kappa shape index (κ2) is 10.7. The van der Waals surface area contributed by atoms with Crippen molar-refractivity contribution in [2.24, 2.45) is 0 Å². The molecule has 0 spiro atoms. The van der Waals surface area contributed by atoms with Gasteiger partial charge in [0, 0.05) is 10.2 Å². The molecular formula is C20H21BrN2O3S. The van der Waals surface area contributed by atoms with Gasteiger partial charge in [-0.15, -0.1) is 0 Å². The number of nitrogens with one attached hydrogen (secondary N) is 2. The van der Waals surface area contributed by atoms with Crippen LogP contribution < -0.4 is 20.1 Å². The Morgan fingerprint density at radius 1 is 1.22 bits per heavy atom. The summed E-state index contributed by atoms with van der Waals surface area (Å²) in [6.45, 7) is 6.59. The molecule has 2 N–H and O–H groups in total. The van der Waals surface area contributed by atoms with Crippen LogP contribution in [-0.2, 0) is 0 Å². The highest BCUT2D eigenvalue weighted by molar-refractivity contribution is 9.10. The van der Waals surface area contributed by atoms with Gasteiger partial charge in [-0.1, -0.05) is 35.5 Å². The normalized spacial score (nSPS) is 10.0. The molecule has 1 amide bonds. The van der Waals surface area contributed by atoms with Gasteiger partial charge in [-0.05, 0) is 61.1 Å². The Bertz CT molecular complexity index is 809. The van der Waals surface area contributed by atoms with E-state index in [1.807, 2.05) is 25.1 Å². The van der Waals surface area contributed by atoms with Gasteiger partial charge in [-0.25, -0.2) is 0 Å². The Morgan fingerprint density at radius 2 is 1.96 bits per heavy atom. The van der Waals surface area contributed by atoms with E-state index in [2.05, 4.69) is 33.1 Å². The summed E-state index contributed by atoms with van der Waals surface area (Å²) in [5.41, 5.74) is 1.15. The van der Waals surface area contributed by atoms with Crippen LogP contribution in [0.4, 0.5) is 5.69 Å². The second-order valence-corrected chi connectivity index (χ2v) is 6.85. The van der Waals surface area contributed by atoms with Crippen molar-refractivity contribution in [3.8, 4) is 11.5 Å². The monoisotopic (exact) mass is 448 g/mol. The van der Waals surface area contributed by atoms with E-state index in [1.54, 1.807) is 30.3 Å². The lowest BCUT2D eigenvalue weighted by Gasteiger charge is -2.13. The molecule has 0 atom stereocenters. The average molecular weight is 449 g/mol. The summed E-state index contributed by atoms with van der Waals surface area (Å²) < 4.78 is 11.9. The van der Waals surface area contributed by atoms with Gasteiger partial charge in [0.1, 0.15) is 18.1 Å². The van der Waals surface area contributed by atoms with Gasteiger partial charge in [0.15, 0.2) is 5.11 Å². The van der Waals surface area contributed by atoms with Gasteiger partial charge < -0.3 is 14.8 Å². The lowest BCUT2D eigenvalue weighted by molar-refractivity contribution is 0.0973. The Labute approximate surface area is 172 Å². The molecule has 0 unspecified atom stereocenters. The molecule has 2 aromatic carbocycles. The van der Waals surface area contributed by atoms with Gasteiger partial charge in [-0.2, -0.15) is 0 Å². The SMILES string of the molecule is C=CCOc1ccc(NC(=S)NC(=O)c2cc(Br)ccc2OCCC)cc1. The van der Waals surface area contributed by atoms with Crippen molar-refractivity contribution < 1.29 is 14.3 Å². The van der Waals surface area contributed by atoms with Crippen LogP contribution in [0.5, 0.6) is 11.5 Å². The molecule has 5 nitrogen and oxygen atoms in total. The van der Waals surface area contributed by atoms with Crippen molar-refractivity contribution >= 4 is 44.9 Å². The van der Waals surface area contributed by atoms with Crippen LogP contribution in [0.1, 0.15) is 23.7 Å². The van der Waals surface area contributed by atoms with Gasteiger partial charge in [0.2, 0.25) is 0 Å². The second-order valence-electron chi connectivity index (χ2n) is 5.52. The number of ether oxygens (including phenoxy) is 2. The Hall–Kier alpha value is -2.38. The zero-order valence-corrected chi connectivity index (χ0v) is 17.4. The summed E-state index contributed by atoms with van der Waals surface area (Å²) >= 11 is 8.61. The van der Waals surface area contributed by atoms with Crippen LogP contribution in [0, 0.1) is 0 Å². The first-order valence-corrected chi connectivity index (χ1v) is 9.62. The fourth-order valence-corrected chi connectivity index (χ4v) is 2.71. The summed E-state index contributed by atoms with van der Waals surface area (Å²) in [6, 6.07) is 12.5. The van der Waals surface area contributed by atoms with E-state index in [1.165, 1.54) is 0 Å². The van der Waals surface area contributed by atoms with Crippen molar-refractivity contribution in [3.05, 3.63) is 65.2 Å². The lowest BCUT2D eigenvalue weighted by atomic mass is 10.2. The van der Waals surface area contributed by atoms with Crippen LogP contribution in [0.2, 0.25) is 0 Å². The highest BCUT2D eigenvalue weighted by Crippen LogP contribution is 2.23. The number of thiocarbonyl (C=S) groups is 1. The first kappa shape index (κ1) is 20.9. The number of halogens is 1. The maximum atomic E-state index is 12.6. The molecule has 142 valence electrons. The van der Waals surface area contributed by atoms with E-state index in [0.717, 1.165) is 22.3 Å². The molecule has 0 saturated carbocycles. The third kappa shape index (κ3) is 6.69. The minimum Gasteiger partial charge on any atom is -0.493 e. The fraction of sp³-hybridized carbons (Fsp3) is 0.200. The van der Waals surface area contributed by atoms with Crippen LogP contribution in [0.25, 0.3) is 0 Å². The molecule has 0 saturated heterocycles. The number of benzene rings is 2. The molecule has 2 rings (SSSR count). The zero-order chi connectivity index (χ0) is 19.6. The van der Waals surface area contributed by atoms with Crippen LogP contribution in [0.15, 0.2) is 59.6 Å². The maximum Gasteiger partial charge on any atom is 0.261 e. The Morgan fingerprint density at radius 3 is 2.63 bits per heavy atom. The molecule has 0 heterocycles. The number of hydrogen-bond donors (Lipinski definition) is 2. The van der Waals surface area contributed by atoms with Gasteiger partial charge in [0.05, 0.1) is 12.2 Å². The van der Waals surface area contributed by atoms with Crippen LogP contribution >= 0.6 is 28.1 Å². The molecule has 0 aliphatic heterocycles. The number of anilines is 1. The number of carbonyl (C=O) groups is 1. The minimum atomic E-state index is -0.342. The van der Waals surface area contributed by atoms with E-state index in [4.69, 9.17) is 21.7 Å². The number of carbonyl (C=O) groups excluding carboxylic acids is 1. The van der Waals surface area contributed by atoms with Crippen molar-refractivity contribution in [3.63, 3.8) is 0 Å². The summed E-state index contributed by atoms with van der Waals surface area (Å²) in [5.74, 6) is 0.900. The van der Waals surface area contributed by atoms with E-state index in [9.17, 15) is 4.79 Å². The summed E-state index contributed by atoms with van der Waals surface area (Å²) in [7, 11) is 0. The average Bonchev–Trinajstić information content (AvgIpc) is 2.66. The zero-order valence-electron chi connectivity index (χ0n) is 15.0. The van der Waals surface area contributed by atoms with Crippen molar-refractivity contribution in [1.82, 2.24) is 5.32 Å². The molecule has 27 heavy (non-hydrogen) atoms. The highest BCUT2D eigenvalue weighted by Gasteiger charge is 2.15. The molecule has 0 radical (unpaired) electrons. The number of hydrogen-bond acceptors (Lipinski definition) is 4. The Kier molecular flexibility index (Phi) is 8.29. The summed E-state index contributed by atoms with van der Waals surface area (Å²) in [5, 5.41) is 5.84. The molecule has 7 heteroatoms. The maximum absolute atomic E-state index is 12.6. The molecule has 0 aliphatic carbocycles. The Balaban J connectivity index is 2.00. The topological polar surface area (TPSA) is 59.6 Å². The first-order chi connectivity index (χ1) is 13.0. The third-order valence-corrected chi connectivity index (χ3v) is 4.05. The standard InChI is InChI=1S/C20H21BrN2O3S/c1-3-11-25-16-8-6-15(7-9-16)22-20(27)23-19(24)17-13-14(21)5-10-18(17)26-12-4-2/h3,5-10,13H,1,4,11-12H2,2H3,(H2,22,23,24,27). The summed E-state index contributed by atoms with van der Waals surface area (Å²) in [4.78, 5) is 12.6. The largest absolute Gasteiger partial charge is 0.493 e. The van der Waals surface area contributed by atoms with Gasteiger partial charge in [-0.3, -0.25) is 10.1 Å². The van der Waals surface area contributed by atoms with E-state index in [0.29, 0.717) is 24.5 Å². The first-order valence-electron chi connectivity index (χ1n) is 8.42. The molecule has 0 aromatic heterocycles. The minimum absolute atomic E-state index is 0.196. The molecule has 0 aliphatic rings. The number of rotatable bonds is 8. The predicted octanol–water partition coefficient (Wildman–Crippen LogP) is 4.93. The van der Waals surface area contributed by atoms with Crippen molar-refractivity contribution in [1.29, 1.82) is 0 Å². The smallest absolute Gasteiger partial charge is 0.261 e. The lowest BCUT2D eigenvalue weighted by Crippen LogP contribution is -2.34. The third-order valence-electron chi connectivity index (χ3n) is 3.36. The van der Waals surface area contributed by atoms with Gasteiger partial charge >= 0.3 is 0 Å².